The average Bonchev–Trinajstić information content (AvgIpc) is 2.43. The Bertz CT molecular complexity index is 587. The molecule has 0 aliphatic rings. The number of carboxylic acids is 1. The number of benzene rings is 1. The molecule has 0 amide bonds. The van der Waals surface area contributed by atoms with E-state index in [9.17, 15) is 19.8 Å². The van der Waals surface area contributed by atoms with Crippen LogP contribution in [0.3, 0.4) is 0 Å². The summed E-state index contributed by atoms with van der Waals surface area (Å²) in [5.74, 6) is -1.96. The molecule has 6 nitrogen and oxygen atoms in total. The molecule has 0 aromatic heterocycles. The molecular weight excluding hydrogens is 288 g/mol. The van der Waals surface area contributed by atoms with E-state index in [0.717, 1.165) is 0 Å². The predicted molar refractivity (Wildman–Crippen MR) is 81.3 cm³/mol. The van der Waals surface area contributed by atoms with Gasteiger partial charge in [-0.05, 0) is 36.1 Å². The maximum absolute atomic E-state index is 11.7. The van der Waals surface area contributed by atoms with Crippen molar-refractivity contribution in [1.82, 2.24) is 0 Å². The van der Waals surface area contributed by atoms with Gasteiger partial charge in [0.1, 0.15) is 5.57 Å². The van der Waals surface area contributed by atoms with Gasteiger partial charge in [0.15, 0.2) is 17.3 Å². The van der Waals surface area contributed by atoms with Gasteiger partial charge in [-0.1, -0.05) is 13.8 Å². The first-order chi connectivity index (χ1) is 10.2. The minimum atomic E-state index is -1.29. The third-order valence-electron chi connectivity index (χ3n) is 3.20. The molecule has 0 saturated heterocycles. The van der Waals surface area contributed by atoms with Crippen LogP contribution in [0.15, 0.2) is 17.7 Å². The molecule has 0 spiro atoms. The van der Waals surface area contributed by atoms with Gasteiger partial charge >= 0.3 is 5.97 Å². The second-order valence-electron chi connectivity index (χ2n) is 5.03. The SMILES string of the molecule is COc1cc(C(=C(C(C)=O)C(=O)O)C(C)C)cc(OC)c1O. The molecule has 0 unspecified atom stereocenters. The van der Waals surface area contributed by atoms with Crippen LogP contribution in [0, 0.1) is 5.92 Å². The molecular formula is C16H20O6. The third-order valence-corrected chi connectivity index (χ3v) is 3.20. The first kappa shape index (κ1) is 17.6. The number of aromatic hydroxyl groups is 1. The van der Waals surface area contributed by atoms with E-state index < -0.39 is 11.8 Å². The third kappa shape index (κ3) is 3.39. The molecule has 2 N–H and O–H groups in total. The Labute approximate surface area is 129 Å². The summed E-state index contributed by atoms with van der Waals surface area (Å²) in [6.45, 7) is 4.78. The lowest BCUT2D eigenvalue weighted by Crippen LogP contribution is -2.14. The smallest absolute Gasteiger partial charge is 0.339 e. The van der Waals surface area contributed by atoms with Crippen LogP contribution in [0.5, 0.6) is 17.2 Å². The number of carbonyl (C=O) groups excluding carboxylic acids is 1. The van der Waals surface area contributed by atoms with Crippen molar-refractivity contribution < 1.29 is 29.3 Å². The van der Waals surface area contributed by atoms with Gasteiger partial charge in [0.25, 0.3) is 0 Å². The van der Waals surface area contributed by atoms with Crippen LogP contribution in [0.4, 0.5) is 0 Å². The number of carbonyl (C=O) groups is 2. The highest BCUT2D eigenvalue weighted by Gasteiger charge is 2.24. The molecule has 0 bridgehead atoms. The Morgan fingerprint density at radius 3 is 1.82 bits per heavy atom. The first-order valence-electron chi connectivity index (χ1n) is 6.68. The maximum Gasteiger partial charge on any atom is 0.339 e. The number of methoxy groups -OCH3 is 2. The molecule has 1 aromatic carbocycles. The predicted octanol–water partition coefficient (Wildman–Crippen LogP) is 2.49. The number of hydrogen-bond donors (Lipinski definition) is 2. The number of rotatable bonds is 6. The lowest BCUT2D eigenvalue weighted by molar-refractivity contribution is -0.134. The van der Waals surface area contributed by atoms with Crippen LogP contribution in [0.2, 0.25) is 0 Å². The van der Waals surface area contributed by atoms with E-state index in [1.165, 1.54) is 33.3 Å². The fourth-order valence-electron chi connectivity index (χ4n) is 2.27. The van der Waals surface area contributed by atoms with E-state index in [2.05, 4.69) is 0 Å². The normalized spacial score (nSPS) is 11.9. The molecule has 0 heterocycles. The van der Waals surface area contributed by atoms with Crippen LogP contribution in [-0.4, -0.2) is 36.2 Å². The quantitative estimate of drug-likeness (QED) is 0.476. The van der Waals surface area contributed by atoms with E-state index in [1.807, 2.05) is 0 Å². The van der Waals surface area contributed by atoms with Crippen LogP contribution < -0.4 is 9.47 Å². The molecule has 0 aliphatic heterocycles. The fourth-order valence-corrected chi connectivity index (χ4v) is 2.27. The van der Waals surface area contributed by atoms with E-state index >= 15 is 0 Å². The second kappa shape index (κ2) is 6.98. The van der Waals surface area contributed by atoms with Crippen molar-refractivity contribution >= 4 is 17.3 Å². The summed E-state index contributed by atoms with van der Waals surface area (Å²) >= 11 is 0. The Morgan fingerprint density at radius 2 is 1.55 bits per heavy atom. The van der Waals surface area contributed by atoms with Gasteiger partial charge < -0.3 is 19.7 Å². The van der Waals surface area contributed by atoms with Crippen molar-refractivity contribution in [2.75, 3.05) is 14.2 Å². The molecule has 0 atom stereocenters. The summed E-state index contributed by atoms with van der Waals surface area (Å²) < 4.78 is 10.1. The molecule has 120 valence electrons. The van der Waals surface area contributed by atoms with Crippen molar-refractivity contribution in [3.05, 3.63) is 23.3 Å². The monoisotopic (exact) mass is 308 g/mol. The number of aliphatic carboxylic acids is 1. The summed E-state index contributed by atoms with van der Waals surface area (Å²) in [6, 6.07) is 2.97. The maximum atomic E-state index is 11.7. The summed E-state index contributed by atoms with van der Waals surface area (Å²) in [4.78, 5) is 23.2. The molecule has 0 fully saturated rings. The summed E-state index contributed by atoms with van der Waals surface area (Å²) in [5.41, 5.74) is 0.524. The zero-order chi connectivity index (χ0) is 17.0. The highest BCUT2D eigenvalue weighted by molar-refractivity contribution is 6.21. The number of allylic oxidation sites excluding steroid dienone is 1. The number of hydrogen-bond acceptors (Lipinski definition) is 5. The van der Waals surface area contributed by atoms with Crippen molar-refractivity contribution in [3.8, 4) is 17.2 Å². The van der Waals surface area contributed by atoms with Crippen molar-refractivity contribution in [2.24, 2.45) is 5.92 Å². The first-order valence-corrected chi connectivity index (χ1v) is 6.68. The van der Waals surface area contributed by atoms with Gasteiger partial charge in [0.05, 0.1) is 14.2 Å². The number of carboxylic acid groups (broad SMARTS) is 1. The summed E-state index contributed by atoms with van der Waals surface area (Å²) in [7, 11) is 2.75. The number of phenolic OH excluding ortho intramolecular Hbond substituents is 1. The number of phenols is 1. The highest BCUT2D eigenvalue weighted by Crippen LogP contribution is 2.41. The Morgan fingerprint density at radius 1 is 1.09 bits per heavy atom. The molecule has 0 saturated carbocycles. The molecule has 0 radical (unpaired) electrons. The van der Waals surface area contributed by atoms with E-state index in [-0.39, 0.29) is 28.7 Å². The van der Waals surface area contributed by atoms with Gasteiger partial charge in [-0.3, -0.25) is 4.79 Å². The molecule has 0 aliphatic carbocycles. The largest absolute Gasteiger partial charge is 0.502 e. The van der Waals surface area contributed by atoms with Gasteiger partial charge in [-0.15, -0.1) is 0 Å². The minimum absolute atomic E-state index is 0.140. The minimum Gasteiger partial charge on any atom is -0.502 e. The van der Waals surface area contributed by atoms with Crippen molar-refractivity contribution in [2.45, 2.75) is 20.8 Å². The fraction of sp³-hybridized carbons (Fsp3) is 0.375. The lowest BCUT2D eigenvalue weighted by atomic mass is 9.88. The van der Waals surface area contributed by atoms with Gasteiger partial charge in [-0.2, -0.15) is 0 Å². The number of ketones is 1. The standard InChI is InChI=1S/C16H20O6/c1-8(2)13(14(9(3)17)16(19)20)10-6-11(21-4)15(18)12(7-10)22-5/h6-8,18H,1-5H3,(H,19,20). The molecule has 1 aromatic rings. The van der Waals surface area contributed by atoms with Crippen LogP contribution in [0.25, 0.3) is 5.57 Å². The van der Waals surface area contributed by atoms with E-state index in [0.29, 0.717) is 11.1 Å². The molecule has 6 heteroatoms. The van der Waals surface area contributed by atoms with Crippen LogP contribution >= 0.6 is 0 Å². The number of ether oxygens (including phenoxy) is 2. The zero-order valence-corrected chi connectivity index (χ0v) is 13.3. The van der Waals surface area contributed by atoms with Crippen LogP contribution in [-0.2, 0) is 9.59 Å². The van der Waals surface area contributed by atoms with Gasteiger partial charge in [0, 0.05) is 0 Å². The van der Waals surface area contributed by atoms with Gasteiger partial charge in [-0.25, -0.2) is 4.79 Å². The Kier molecular flexibility index (Phi) is 5.56. The topological polar surface area (TPSA) is 93.1 Å². The highest BCUT2D eigenvalue weighted by atomic mass is 16.5. The molecule has 1 rings (SSSR count). The lowest BCUT2D eigenvalue weighted by Gasteiger charge is -2.18. The van der Waals surface area contributed by atoms with E-state index in [4.69, 9.17) is 9.47 Å². The number of Topliss-reactive ketones (excluding diaryl/α,β-unsaturated/α-hetero) is 1. The average molecular weight is 308 g/mol. The zero-order valence-electron chi connectivity index (χ0n) is 13.3. The Hall–Kier alpha value is -2.50. The van der Waals surface area contributed by atoms with Crippen molar-refractivity contribution in [3.63, 3.8) is 0 Å². The summed E-state index contributed by atoms with van der Waals surface area (Å²) in [5, 5.41) is 19.3. The van der Waals surface area contributed by atoms with Crippen molar-refractivity contribution in [1.29, 1.82) is 0 Å². The van der Waals surface area contributed by atoms with Gasteiger partial charge in [0.2, 0.25) is 5.75 Å². The van der Waals surface area contributed by atoms with Crippen LogP contribution in [0.1, 0.15) is 26.3 Å². The molecule has 22 heavy (non-hydrogen) atoms. The Balaban J connectivity index is 3.76. The summed E-state index contributed by atoms with van der Waals surface area (Å²) in [6.07, 6.45) is 0. The van der Waals surface area contributed by atoms with E-state index in [1.54, 1.807) is 13.8 Å². The second-order valence-corrected chi connectivity index (χ2v) is 5.03.